The number of amides is 1. The monoisotopic (exact) mass is 311 g/mol. The van der Waals surface area contributed by atoms with Crippen molar-refractivity contribution in [1.29, 1.82) is 0 Å². The molecule has 7 heteroatoms. The molecule has 0 spiro atoms. The molecule has 20 heavy (non-hydrogen) atoms. The van der Waals surface area contributed by atoms with E-state index in [0.717, 1.165) is 22.5 Å². The van der Waals surface area contributed by atoms with Crippen LogP contribution in [0.5, 0.6) is 0 Å². The van der Waals surface area contributed by atoms with Crippen LogP contribution < -0.4 is 10.9 Å². The van der Waals surface area contributed by atoms with E-state index in [4.69, 9.17) is 12.2 Å². The van der Waals surface area contributed by atoms with E-state index in [0.29, 0.717) is 16.7 Å². The maximum Gasteiger partial charge on any atom is 0.263 e. The molecule has 0 bridgehead atoms. The van der Waals surface area contributed by atoms with Crippen LogP contribution in [0.3, 0.4) is 0 Å². The van der Waals surface area contributed by atoms with E-state index in [1.165, 1.54) is 15.9 Å². The third-order valence-corrected chi connectivity index (χ3v) is 4.46. The highest BCUT2D eigenvalue weighted by Gasteiger charge is 2.11. The summed E-state index contributed by atoms with van der Waals surface area (Å²) in [6.45, 7) is 4.57. The molecule has 108 valence electrons. The van der Waals surface area contributed by atoms with Crippen molar-refractivity contribution < 1.29 is 4.79 Å². The van der Waals surface area contributed by atoms with Gasteiger partial charge in [-0.1, -0.05) is 13.8 Å². The van der Waals surface area contributed by atoms with Gasteiger partial charge in [-0.3, -0.25) is 14.2 Å². The number of aryl methyl sites for hydroxylation is 1. The Bertz CT molecular complexity index is 742. The van der Waals surface area contributed by atoms with Gasteiger partial charge >= 0.3 is 0 Å². The second-order valence-corrected chi connectivity index (χ2v) is 6.00. The van der Waals surface area contributed by atoms with Crippen LogP contribution in [0.1, 0.15) is 25.1 Å². The number of carbonyl (C=O) groups is 1. The highest BCUT2D eigenvalue weighted by atomic mass is 32.1. The molecule has 0 aliphatic heterocycles. The summed E-state index contributed by atoms with van der Waals surface area (Å²) >= 11 is 6.71. The summed E-state index contributed by atoms with van der Waals surface area (Å²) in [5.41, 5.74) is -0.202. The summed E-state index contributed by atoms with van der Waals surface area (Å²) in [5.74, 6) is -0.196. The molecule has 0 aliphatic carbocycles. The van der Waals surface area contributed by atoms with Gasteiger partial charge in [0.25, 0.3) is 5.56 Å². The molecular weight excluding hydrogens is 294 g/mol. The van der Waals surface area contributed by atoms with Crippen molar-refractivity contribution in [3.8, 4) is 0 Å². The number of H-pyrrole nitrogens is 1. The Kier molecular flexibility index (Phi) is 4.72. The molecule has 0 aliphatic rings. The van der Waals surface area contributed by atoms with Gasteiger partial charge in [0.1, 0.15) is 11.4 Å². The van der Waals surface area contributed by atoms with Crippen LogP contribution >= 0.6 is 23.6 Å². The number of carbonyl (C=O) groups excluding carboxylic acids is 1. The topological polar surface area (TPSA) is 66.9 Å². The zero-order chi connectivity index (χ0) is 14.7. The number of hydrogen-bond donors (Lipinski definition) is 2. The molecule has 2 rings (SSSR count). The average Bonchev–Trinajstić information content (AvgIpc) is 2.84. The average molecular weight is 311 g/mol. The van der Waals surface area contributed by atoms with E-state index in [1.807, 2.05) is 19.9 Å². The molecule has 2 aromatic rings. The van der Waals surface area contributed by atoms with E-state index in [9.17, 15) is 9.59 Å². The standard InChI is InChI=1S/C13H17N3O2S2/c1-3-5-14-10(17)7-16-12(18)9-6-8(4-2)20-11(9)15-13(16)19/h6H,3-5,7H2,1-2H3,(H,14,17)(H,15,19). The van der Waals surface area contributed by atoms with Gasteiger partial charge < -0.3 is 10.3 Å². The van der Waals surface area contributed by atoms with Gasteiger partial charge in [-0.05, 0) is 31.1 Å². The molecule has 2 heterocycles. The first kappa shape index (κ1) is 14.9. The quantitative estimate of drug-likeness (QED) is 0.832. The summed E-state index contributed by atoms with van der Waals surface area (Å²) < 4.78 is 1.60. The van der Waals surface area contributed by atoms with Crippen LogP contribution in [-0.2, 0) is 17.8 Å². The van der Waals surface area contributed by atoms with E-state index < -0.39 is 0 Å². The molecule has 0 saturated carbocycles. The highest BCUT2D eigenvalue weighted by molar-refractivity contribution is 7.71. The Balaban J connectivity index is 2.41. The van der Waals surface area contributed by atoms with E-state index in [1.54, 1.807) is 0 Å². The Morgan fingerprint density at radius 2 is 2.25 bits per heavy atom. The van der Waals surface area contributed by atoms with Gasteiger partial charge in [-0.25, -0.2) is 0 Å². The fourth-order valence-electron chi connectivity index (χ4n) is 1.88. The summed E-state index contributed by atoms with van der Waals surface area (Å²) in [6.07, 6.45) is 1.73. The Labute approximate surface area is 125 Å². The highest BCUT2D eigenvalue weighted by Crippen LogP contribution is 2.21. The van der Waals surface area contributed by atoms with Crippen LogP contribution in [0, 0.1) is 4.77 Å². The summed E-state index contributed by atoms with van der Waals surface area (Å²) in [5, 5.41) is 3.34. The molecule has 0 aromatic carbocycles. The van der Waals surface area contributed by atoms with Crippen molar-refractivity contribution in [3.05, 3.63) is 26.1 Å². The zero-order valence-corrected chi connectivity index (χ0v) is 13.1. The Morgan fingerprint density at radius 1 is 1.50 bits per heavy atom. The number of aromatic nitrogens is 2. The number of nitrogens with zero attached hydrogens (tertiary/aromatic N) is 1. The van der Waals surface area contributed by atoms with Crippen LogP contribution in [0.2, 0.25) is 0 Å². The molecule has 0 fully saturated rings. The lowest BCUT2D eigenvalue weighted by molar-refractivity contribution is -0.121. The van der Waals surface area contributed by atoms with Crippen molar-refractivity contribution in [2.45, 2.75) is 33.2 Å². The van der Waals surface area contributed by atoms with E-state index in [-0.39, 0.29) is 18.0 Å². The molecule has 0 atom stereocenters. The van der Waals surface area contributed by atoms with Gasteiger partial charge in [-0.15, -0.1) is 11.3 Å². The minimum absolute atomic E-state index is 0.0403. The summed E-state index contributed by atoms with van der Waals surface area (Å²) in [4.78, 5) is 29.1. The third-order valence-electron chi connectivity index (χ3n) is 2.95. The number of thiophene rings is 1. The number of aromatic amines is 1. The maximum absolute atomic E-state index is 12.4. The number of nitrogens with one attached hydrogen (secondary N) is 2. The Hall–Kier alpha value is -1.47. The number of rotatable bonds is 5. The lowest BCUT2D eigenvalue weighted by Gasteiger charge is -2.06. The first-order valence-corrected chi connectivity index (χ1v) is 7.81. The molecule has 0 saturated heterocycles. The number of hydrogen-bond acceptors (Lipinski definition) is 4. The maximum atomic E-state index is 12.4. The first-order chi connectivity index (χ1) is 9.56. The smallest absolute Gasteiger partial charge is 0.263 e. The van der Waals surface area contributed by atoms with Gasteiger partial charge in [0.15, 0.2) is 4.77 Å². The largest absolute Gasteiger partial charge is 0.355 e. The molecule has 0 unspecified atom stereocenters. The van der Waals surface area contributed by atoms with Crippen LogP contribution in [0.15, 0.2) is 10.9 Å². The molecule has 1 amide bonds. The van der Waals surface area contributed by atoms with E-state index >= 15 is 0 Å². The van der Waals surface area contributed by atoms with Crippen LogP contribution in [0.25, 0.3) is 10.2 Å². The lowest BCUT2D eigenvalue weighted by atomic mass is 10.3. The van der Waals surface area contributed by atoms with Crippen molar-refractivity contribution in [1.82, 2.24) is 14.9 Å². The first-order valence-electron chi connectivity index (χ1n) is 6.59. The predicted octanol–water partition coefficient (Wildman–Crippen LogP) is 2.21. The second kappa shape index (κ2) is 6.32. The van der Waals surface area contributed by atoms with Gasteiger partial charge in [0, 0.05) is 11.4 Å². The van der Waals surface area contributed by atoms with Gasteiger partial charge in [-0.2, -0.15) is 0 Å². The predicted molar refractivity (Wildman–Crippen MR) is 83.9 cm³/mol. The zero-order valence-electron chi connectivity index (χ0n) is 11.5. The van der Waals surface area contributed by atoms with E-state index in [2.05, 4.69) is 10.3 Å². The lowest BCUT2D eigenvalue weighted by Crippen LogP contribution is -2.33. The number of fused-ring (bicyclic) bond motifs is 1. The van der Waals surface area contributed by atoms with Crippen molar-refractivity contribution in [2.24, 2.45) is 0 Å². The van der Waals surface area contributed by atoms with Crippen LogP contribution in [-0.4, -0.2) is 22.0 Å². The van der Waals surface area contributed by atoms with Crippen molar-refractivity contribution >= 4 is 39.7 Å². The fourth-order valence-corrected chi connectivity index (χ4v) is 3.18. The fraction of sp³-hybridized carbons (Fsp3) is 0.462. The van der Waals surface area contributed by atoms with Crippen LogP contribution in [0.4, 0.5) is 0 Å². The summed E-state index contributed by atoms with van der Waals surface area (Å²) in [7, 11) is 0. The normalized spacial score (nSPS) is 10.9. The van der Waals surface area contributed by atoms with Crippen molar-refractivity contribution in [2.75, 3.05) is 6.54 Å². The second-order valence-electron chi connectivity index (χ2n) is 4.48. The Morgan fingerprint density at radius 3 is 2.90 bits per heavy atom. The molecular formula is C13H17N3O2S2. The van der Waals surface area contributed by atoms with Crippen molar-refractivity contribution in [3.63, 3.8) is 0 Å². The summed E-state index contributed by atoms with van der Waals surface area (Å²) in [6, 6.07) is 1.87. The SMILES string of the molecule is CCCNC(=O)Cn1c(=S)[nH]c2sc(CC)cc2c1=O. The molecule has 2 aromatic heterocycles. The van der Waals surface area contributed by atoms with Gasteiger partial charge in [0.05, 0.1) is 5.39 Å². The third kappa shape index (κ3) is 2.99. The minimum Gasteiger partial charge on any atom is -0.355 e. The van der Waals surface area contributed by atoms with Gasteiger partial charge in [0.2, 0.25) is 5.91 Å². The minimum atomic E-state index is -0.202. The molecule has 0 radical (unpaired) electrons. The molecule has 2 N–H and O–H groups in total. The molecule has 5 nitrogen and oxygen atoms in total.